The maximum absolute atomic E-state index is 12.6. The summed E-state index contributed by atoms with van der Waals surface area (Å²) in [5, 5.41) is 0.00492. The average molecular weight is 351 g/mol. The van der Waals surface area contributed by atoms with Crippen LogP contribution in [0, 0.1) is 0 Å². The first kappa shape index (κ1) is 15.4. The highest BCUT2D eigenvalue weighted by Gasteiger charge is 2.19. The zero-order chi connectivity index (χ0) is 17.3. The van der Waals surface area contributed by atoms with Gasteiger partial charge in [0.2, 0.25) is 5.78 Å². The maximum atomic E-state index is 12.6. The van der Waals surface area contributed by atoms with E-state index in [1.165, 1.54) is 12.4 Å². The molecule has 7 nitrogen and oxygen atoms in total. The fraction of sp³-hybridized carbons (Fsp3) is 0.0588. The predicted molar refractivity (Wildman–Crippen MR) is 91.3 cm³/mol. The summed E-state index contributed by atoms with van der Waals surface area (Å²) in [6.45, 7) is 0. The fourth-order valence-electron chi connectivity index (χ4n) is 2.54. The Balaban J connectivity index is 1.73. The highest BCUT2D eigenvalue weighted by molar-refractivity contribution is 7.90. The minimum Gasteiger partial charge on any atom is -0.284 e. The van der Waals surface area contributed by atoms with Gasteiger partial charge in [0, 0.05) is 24.2 Å². The molecule has 0 spiro atoms. The quantitative estimate of drug-likeness (QED) is 0.523. The van der Waals surface area contributed by atoms with Crippen LogP contribution in [0.3, 0.4) is 0 Å². The van der Waals surface area contributed by atoms with Crippen LogP contribution in [0.2, 0.25) is 0 Å². The summed E-state index contributed by atoms with van der Waals surface area (Å²) in [5.74, 6) is 0.213. The third-order valence-corrected chi connectivity index (χ3v) is 5.31. The molecule has 0 aliphatic rings. The van der Waals surface area contributed by atoms with E-state index in [4.69, 9.17) is 0 Å². The number of rotatable bonds is 4. The van der Waals surface area contributed by atoms with Gasteiger partial charge in [0.1, 0.15) is 6.33 Å². The van der Waals surface area contributed by atoms with Crippen LogP contribution in [-0.2, 0) is 15.6 Å². The second-order valence-electron chi connectivity index (χ2n) is 5.45. The van der Waals surface area contributed by atoms with Gasteiger partial charge in [-0.05, 0) is 11.6 Å². The number of fused-ring (bicyclic) bond motifs is 1. The van der Waals surface area contributed by atoms with Crippen molar-refractivity contribution in [3.8, 4) is 11.3 Å². The van der Waals surface area contributed by atoms with Crippen LogP contribution in [0.5, 0.6) is 0 Å². The number of aromatic nitrogens is 5. The summed E-state index contributed by atoms with van der Waals surface area (Å²) in [5.41, 5.74) is 2.24. The summed E-state index contributed by atoms with van der Waals surface area (Å²) >= 11 is 0. The Morgan fingerprint density at radius 3 is 2.48 bits per heavy atom. The van der Waals surface area contributed by atoms with Crippen molar-refractivity contribution in [3.63, 3.8) is 0 Å². The molecule has 4 rings (SSSR count). The van der Waals surface area contributed by atoms with Gasteiger partial charge < -0.3 is 0 Å². The van der Waals surface area contributed by atoms with Crippen molar-refractivity contribution in [1.29, 1.82) is 0 Å². The SMILES string of the molecule is O=S(=O)(Cc1ccccc1)c1ccn2c(-c3cncnc3)cnc2n1. The molecule has 3 aromatic heterocycles. The molecule has 0 fully saturated rings. The molecular formula is C17H13N5O2S. The summed E-state index contributed by atoms with van der Waals surface area (Å²) in [7, 11) is -3.55. The van der Waals surface area contributed by atoms with Crippen LogP contribution >= 0.6 is 0 Å². The van der Waals surface area contributed by atoms with Crippen molar-refractivity contribution < 1.29 is 8.42 Å². The van der Waals surface area contributed by atoms with E-state index < -0.39 is 9.84 Å². The van der Waals surface area contributed by atoms with Crippen molar-refractivity contribution in [2.45, 2.75) is 10.8 Å². The van der Waals surface area contributed by atoms with E-state index in [2.05, 4.69) is 19.9 Å². The first-order valence-electron chi connectivity index (χ1n) is 7.50. The zero-order valence-electron chi connectivity index (χ0n) is 13.0. The van der Waals surface area contributed by atoms with Crippen molar-refractivity contribution >= 4 is 15.6 Å². The van der Waals surface area contributed by atoms with E-state index in [0.29, 0.717) is 5.78 Å². The van der Waals surface area contributed by atoms with E-state index in [9.17, 15) is 8.42 Å². The maximum Gasteiger partial charge on any atom is 0.235 e. The van der Waals surface area contributed by atoms with Crippen molar-refractivity contribution in [2.75, 3.05) is 0 Å². The van der Waals surface area contributed by atoms with E-state index in [0.717, 1.165) is 16.8 Å². The fourth-order valence-corrected chi connectivity index (χ4v) is 3.81. The molecule has 0 N–H and O–H groups in total. The first-order chi connectivity index (χ1) is 12.1. The lowest BCUT2D eigenvalue weighted by atomic mass is 10.2. The minimum atomic E-state index is -3.55. The van der Waals surface area contributed by atoms with Gasteiger partial charge >= 0.3 is 0 Å². The largest absolute Gasteiger partial charge is 0.284 e. The molecular weight excluding hydrogens is 338 g/mol. The van der Waals surface area contributed by atoms with Gasteiger partial charge in [0.15, 0.2) is 14.9 Å². The van der Waals surface area contributed by atoms with Crippen molar-refractivity contribution in [2.24, 2.45) is 0 Å². The lowest BCUT2D eigenvalue weighted by Gasteiger charge is -2.05. The Labute approximate surface area is 144 Å². The second kappa shape index (κ2) is 6.06. The molecule has 0 aliphatic heterocycles. The molecule has 0 bridgehead atoms. The van der Waals surface area contributed by atoms with Crippen molar-refractivity contribution in [3.05, 3.63) is 73.1 Å². The smallest absolute Gasteiger partial charge is 0.235 e. The molecule has 0 unspecified atom stereocenters. The molecule has 8 heteroatoms. The van der Waals surface area contributed by atoms with Crippen LogP contribution in [0.15, 0.2) is 72.5 Å². The van der Waals surface area contributed by atoms with Crippen LogP contribution in [0.1, 0.15) is 5.56 Å². The number of imidazole rings is 1. The number of sulfone groups is 1. The topological polar surface area (TPSA) is 90.1 Å². The molecule has 25 heavy (non-hydrogen) atoms. The number of nitrogens with zero attached hydrogens (tertiary/aromatic N) is 5. The first-order valence-corrected chi connectivity index (χ1v) is 9.15. The normalized spacial score (nSPS) is 11.7. The molecule has 0 atom stereocenters. The summed E-state index contributed by atoms with van der Waals surface area (Å²) < 4.78 is 26.9. The Bertz CT molecular complexity index is 1130. The summed E-state index contributed by atoms with van der Waals surface area (Å²) in [6, 6.07) is 10.5. The van der Waals surface area contributed by atoms with E-state index >= 15 is 0 Å². The van der Waals surface area contributed by atoms with Crippen LogP contribution in [0.4, 0.5) is 0 Å². The molecule has 0 saturated carbocycles. The van der Waals surface area contributed by atoms with Crippen LogP contribution < -0.4 is 0 Å². The summed E-state index contributed by atoms with van der Waals surface area (Å²) in [4.78, 5) is 16.4. The highest BCUT2D eigenvalue weighted by Crippen LogP contribution is 2.20. The van der Waals surface area contributed by atoms with Gasteiger partial charge in [0.05, 0.1) is 17.6 Å². The molecule has 3 heterocycles. The standard InChI is InChI=1S/C17H13N5O2S/c23-25(24,11-13-4-2-1-3-5-13)16-6-7-22-15(10-20-17(22)21-16)14-8-18-12-19-9-14/h1-10,12H,11H2. The van der Waals surface area contributed by atoms with E-state index in [1.54, 1.807) is 41.3 Å². The minimum absolute atomic E-state index is 0.00492. The number of benzene rings is 1. The lowest BCUT2D eigenvalue weighted by Crippen LogP contribution is -2.08. The highest BCUT2D eigenvalue weighted by atomic mass is 32.2. The molecule has 0 aliphatic carbocycles. The van der Waals surface area contributed by atoms with Gasteiger partial charge in [-0.25, -0.2) is 28.4 Å². The Kier molecular flexibility index (Phi) is 3.73. The second-order valence-corrected chi connectivity index (χ2v) is 7.39. The predicted octanol–water partition coefficient (Wildman–Crippen LogP) is 2.16. The summed E-state index contributed by atoms with van der Waals surface area (Å²) in [6.07, 6.45) is 8.04. The third-order valence-electron chi connectivity index (χ3n) is 3.73. The molecule has 1 aromatic carbocycles. The molecule has 124 valence electrons. The Morgan fingerprint density at radius 1 is 0.960 bits per heavy atom. The third kappa shape index (κ3) is 2.99. The average Bonchev–Trinajstić information content (AvgIpc) is 3.06. The monoisotopic (exact) mass is 351 g/mol. The zero-order valence-corrected chi connectivity index (χ0v) is 13.8. The molecule has 4 aromatic rings. The van der Waals surface area contributed by atoms with E-state index in [1.807, 2.05) is 18.2 Å². The van der Waals surface area contributed by atoms with Gasteiger partial charge in [-0.15, -0.1) is 0 Å². The van der Waals surface area contributed by atoms with Crippen molar-refractivity contribution in [1.82, 2.24) is 24.3 Å². The van der Waals surface area contributed by atoms with E-state index in [-0.39, 0.29) is 10.8 Å². The molecule has 0 amide bonds. The van der Waals surface area contributed by atoms with Crippen LogP contribution in [0.25, 0.3) is 17.0 Å². The van der Waals surface area contributed by atoms with Gasteiger partial charge in [0.25, 0.3) is 0 Å². The lowest BCUT2D eigenvalue weighted by molar-refractivity contribution is 0.591. The number of hydrogen-bond acceptors (Lipinski definition) is 6. The van der Waals surface area contributed by atoms with Gasteiger partial charge in [-0.2, -0.15) is 0 Å². The number of hydrogen-bond donors (Lipinski definition) is 0. The Hall–Kier alpha value is -3.13. The van der Waals surface area contributed by atoms with Crippen LogP contribution in [-0.4, -0.2) is 32.8 Å². The van der Waals surface area contributed by atoms with Gasteiger partial charge in [-0.1, -0.05) is 30.3 Å². The molecule has 0 saturated heterocycles. The van der Waals surface area contributed by atoms with Gasteiger partial charge in [-0.3, -0.25) is 4.40 Å². The molecule has 0 radical (unpaired) electrons. The Morgan fingerprint density at radius 2 is 1.72 bits per heavy atom.